The highest BCUT2D eigenvalue weighted by atomic mass is 35.5. The zero-order chi connectivity index (χ0) is 27.1. The Labute approximate surface area is 234 Å². The molecule has 2 aromatic rings. The number of esters is 1. The lowest BCUT2D eigenvalue weighted by Gasteiger charge is -2.59. The van der Waals surface area contributed by atoms with Gasteiger partial charge in [0.05, 0.1) is 22.1 Å². The molecule has 2 aliphatic carbocycles. The van der Waals surface area contributed by atoms with Gasteiger partial charge >= 0.3 is 5.97 Å². The molecule has 1 saturated heterocycles. The van der Waals surface area contributed by atoms with Gasteiger partial charge in [0, 0.05) is 38.5 Å². The number of likely N-dealkylation sites (N-methyl/N-ethyl adjacent to an activating group) is 1. The minimum atomic E-state index is -0.931. The molecule has 3 atom stereocenters. The molecule has 2 saturated carbocycles. The number of benzene rings is 2. The number of halogens is 2. The highest BCUT2D eigenvalue weighted by molar-refractivity contribution is 6.42. The van der Waals surface area contributed by atoms with E-state index in [-0.39, 0.29) is 24.3 Å². The first-order valence-corrected chi connectivity index (χ1v) is 14.3. The lowest BCUT2D eigenvalue weighted by molar-refractivity contribution is -0.147. The summed E-state index contributed by atoms with van der Waals surface area (Å²) in [6.07, 6.45) is 5.54. The Morgan fingerprint density at radius 2 is 1.89 bits per heavy atom. The number of carbonyl (C=O) groups excluding carboxylic acids is 2. The first-order chi connectivity index (χ1) is 18.1. The summed E-state index contributed by atoms with van der Waals surface area (Å²) in [5.74, 6) is 0.871. The summed E-state index contributed by atoms with van der Waals surface area (Å²) in [4.78, 5) is 29.3. The van der Waals surface area contributed by atoms with Crippen LogP contribution in [0.5, 0.6) is 5.75 Å². The number of carbonyl (C=O) groups is 2. The van der Waals surface area contributed by atoms with Crippen LogP contribution < -0.4 is 4.74 Å². The Morgan fingerprint density at radius 3 is 2.61 bits per heavy atom. The number of hydrogen-bond donors (Lipinski definition) is 1. The minimum Gasteiger partial charge on any atom is -0.427 e. The Morgan fingerprint density at radius 1 is 1.11 bits per heavy atom. The van der Waals surface area contributed by atoms with Crippen LogP contribution in [0.3, 0.4) is 0 Å². The van der Waals surface area contributed by atoms with Crippen LogP contribution in [0.4, 0.5) is 0 Å². The van der Waals surface area contributed by atoms with E-state index in [9.17, 15) is 14.7 Å². The highest BCUT2D eigenvalue weighted by Gasteiger charge is 2.58. The zero-order valence-corrected chi connectivity index (χ0v) is 23.6. The topological polar surface area (TPSA) is 70.1 Å². The van der Waals surface area contributed by atoms with Crippen molar-refractivity contribution in [2.24, 2.45) is 5.92 Å². The molecule has 5 rings (SSSR count). The Kier molecular flexibility index (Phi) is 7.80. The van der Waals surface area contributed by atoms with Gasteiger partial charge in [-0.15, -0.1) is 0 Å². The van der Waals surface area contributed by atoms with Crippen molar-refractivity contribution in [1.29, 1.82) is 0 Å². The number of amides is 1. The Balaban J connectivity index is 1.41. The van der Waals surface area contributed by atoms with Gasteiger partial charge in [-0.3, -0.25) is 9.59 Å². The van der Waals surface area contributed by atoms with Crippen LogP contribution in [0.1, 0.15) is 56.6 Å². The smallest absolute Gasteiger partial charge is 0.308 e. The number of β-amino-alcohol motifs (C(OH)–C–C–N with tert-alkyl or cyclic N) is 1. The average Bonchev–Trinajstić information content (AvgIpc) is 3.69. The average molecular weight is 560 g/mol. The molecule has 1 aliphatic heterocycles. The monoisotopic (exact) mass is 558 g/mol. The third kappa shape index (κ3) is 5.60. The van der Waals surface area contributed by atoms with Crippen LogP contribution in [0.2, 0.25) is 10.0 Å². The van der Waals surface area contributed by atoms with Crippen molar-refractivity contribution < 1.29 is 19.4 Å². The Hall–Kier alpha value is -2.12. The van der Waals surface area contributed by atoms with E-state index in [0.717, 1.165) is 43.0 Å². The lowest BCUT2D eigenvalue weighted by Crippen LogP contribution is -2.67. The normalized spacial score (nSPS) is 27.4. The van der Waals surface area contributed by atoms with Gasteiger partial charge in [-0.25, -0.2) is 0 Å². The molecule has 38 heavy (non-hydrogen) atoms. The van der Waals surface area contributed by atoms with E-state index in [1.165, 1.54) is 19.8 Å². The molecule has 3 aliphatic rings. The molecule has 3 unspecified atom stereocenters. The Bertz CT molecular complexity index is 1220. The van der Waals surface area contributed by atoms with Crippen LogP contribution in [-0.2, 0) is 21.4 Å². The van der Waals surface area contributed by atoms with Gasteiger partial charge in [0.2, 0.25) is 5.91 Å². The lowest BCUT2D eigenvalue weighted by atomic mass is 9.55. The summed E-state index contributed by atoms with van der Waals surface area (Å²) in [6.45, 7) is 3.94. The van der Waals surface area contributed by atoms with Crippen molar-refractivity contribution in [1.82, 2.24) is 9.80 Å². The van der Waals surface area contributed by atoms with Gasteiger partial charge in [-0.2, -0.15) is 0 Å². The molecule has 0 radical (unpaired) electrons. The number of rotatable bonds is 7. The second-order valence-corrected chi connectivity index (χ2v) is 12.3. The number of likely N-dealkylation sites (tertiary alicyclic amines) is 1. The first-order valence-electron chi connectivity index (χ1n) is 13.5. The predicted octanol–water partition coefficient (Wildman–Crippen LogP) is 5.26. The van der Waals surface area contributed by atoms with Crippen LogP contribution >= 0.6 is 23.2 Å². The summed E-state index contributed by atoms with van der Waals surface area (Å²) in [5, 5.41) is 13.2. The molecule has 204 valence electrons. The molecule has 1 N–H and O–H groups in total. The van der Waals surface area contributed by atoms with E-state index >= 15 is 0 Å². The van der Waals surface area contributed by atoms with Gasteiger partial charge in [-0.1, -0.05) is 41.4 Å². The fourth-order valence-electron chi connectivity index (χ4n) is 6.56. The summed E-state index contributed by atoms with van der Waals surface area (Å²) in [5.41, 5.74) is 0.309. The molecule has 3 fully saturated rings. The number of aliphatic hydroxyl groups is 1. The summed E-state index contributed by atoms with van der Waals surface area (Å²) < 4.78 is 5.42. The van der Waals surface area contributed by atoms with Crippen LogP contribution in [0.15, 0.2) is 42.5 Å². The molecular weight excluding hydrogens is 523 g/mol. The molecule has 8 heteroatoms. The van der Waals surface area contributed by atoms with E-state index in [1.54, 1.807) is 18.2 Å². The van der Waals surface area contributed by atoms with Crippen LogP contribution in [0.25, 0.3) is 0 Å². The summed E-state index contributed by atoms with van der Waals surface area (Å²) in [6, 6.07) is 12.9. The number of fused-ring (bicyclic) bond motifs is 1. The zero-order valence-electron chi connectivity index (χ0n) is 22.1. The standard InChI is InChI=1S/C30H36Cl2N2O4/c1-20(35)38-25-5-3-4-23(16-25)29-12-13-34(18-21-6-7-21)19-30(29,37)11-10-24(17-29)33(2)28(36)15-22-8-9-26(31)27(32)14-22/h3-5,8-9,14,16,21,24,37H,6-7,10-13,15,17-19H2,1-2H3. The van der Waals surface area contributed by atoms with E-state index in [0.29, 0.717) is 35.2 Å². The van der Waals surface area contributed by atoms with E-state index in [1.807, 2.05) is 36.2 Å². The molecule has 0 aromatic heterocycles. The second-order valence-electron chi connectivity index (χ2n) is 11.5. The van der Waals surface area contributed by atoms with Gasteiger partial charge in [0.15, 0.2) is 0 Å². The largest absolute Gasteiger partial charge is 0.427 e. The first kappa shape index (κ1) is 27.4. The molecule has 1 amide bonds. The predicted molar refractivity (Wildman–Crippen MR) is 149 cm³/mol. The van der Waals surface area contributed by atoms with Crippen molar-refractivity contribution in [2.75, 3.05) is 26.7 Å². The third-order valence-electron chi connectivity index (χ3n) is 8.85. The number of piperidine rings is 1. The van der Waals surface area contributed by atoms with Crippen LogP contribution in [0, 0.1) is 5.92 Å². The van der Waals surface area contributed by atoms with E-state index < -0.39 is 11.0 Å². The fraction of sp³-hybridized carbons (Fsp3) is 0.533. The number of hydrogen-bond acceptors (Lipinski definition) is 5. The van der Waals surface area contributed by atoms with Crippen molar-refractivity contribution in [3.63, 3.8) is 0 Å². The van der Waals surface area contributed by atoms with Crippen molar-refractivity contribution >= 4 is 35.1 Å². The van der Waals surface area contributed by atoms with Crippen molar-refractivity contribution in [2.45, 2.75) is 68.9 Å². The molecule has 0 spiro atoms. The van der Waals surface area contributed by atoms with E-state index in [4.69, 9.17) is 27.9 Å². The summed E-state index contributed by atoms with van der Waals surface area (Å²) in [7, 11) is 1.86. The van der Waals surface area contributed by atoms with Gasteiger partial charge in [0.1, 0.15) is 5.75 Å². The maximum Gasteiger partial charge on any atom is 0.308 e. The quantitative estimate of drug-likeness (QED) is 0.371. The second kappa shape index (κ2) is 10.8. The fourth-order valence-corrected chi connectivity index (χ4v) is 6.88. The van der Waals surface area contributed by atoms with Gasteiger partial charge in [0.25, 0.3) is 0 Å². The number of nitrogens with zero attached hydrogens (tertiary/aromatic N) is 2. The minimum absolute atomic E-state index is 0.00816. The SMILES string of the molecule is CC(=O)Oc1cccc(C23CCN(CC4CC4)CC2(O)CCC(N(C)C(=O)Cc2ccc(Cl)c(Cl)c2)C3)c1. The third-order valence-corrected chi connectivity index (χ3v) is 9.59. The molecule has 6 nitrogen and oxygen atoms in total. The molecule has 2 aromatic carbocycles. The molecule has 0 bridgehead atoms. The molecular formula is C30H36Cl2N2O4. The van der Waals surface area contributed by atoms with Crippen LogP contribution in [-0.4, -0.2) is 65.1 Å². The maximum atomic E-state index is 13.4. The van der Waals surface area contributed by atoms with Crippen molar-refractivity contribution in [3.05, 3.63) is 63.6 Å². The number of ether oxygens (including phenoxy) is 1. The van der Waals surface area contributed by atoms with Crippen molar-refractivity contribution in [3.8, 4) is 5.75 Å². The highest BCUT2D eigenvalue weighted by Crippen LogP contribution is 2.53. The van der Waals surface area contributed by atoms with Gasteiger partial charge < -0.3 is 19.6 Å². The summed E-state index contributed by atoms with van der Waals surface area (Å²) >= 11 is 12.2. The van der Waals surface area contributed by atoms with Gasteiger partial charge in [-0.05, 0) is 86.4 Å². The van der Waals surface area contributed by atoms with E-state index in [2.05, 4.69) is 4.90 Å². The molecule has 1 heterocycles. The maximum absolute atomic E-state index is 13.4.